The summed E-state index contributed by atoms with van der Waals surface area (Å²) in [5, 5.41) is 12.7. The molecule has 5 heteroatoms. The maximum atomic E-state index is 11.9. The molecule has 0 aromatic rings. The summed E-state index contributed by atoms with van der Waals surface area (Å²) in [5.74, 6) is 0.895. The number of aliphatic hydroxyl groups excluding tert-OH is 1. The molecule has 1 amide bonds. The van der Waals surface area contributed by atoms with Crippen LogP contribution in [0.15, 0.2) is 0 Å². The quantitative estimate of drug-likeness (QED) is 0.558. The first-order chi connectivity index (χ1) is 8.56. The molecular weight excluding hydrogens is 248 g/mol. The van der Waals surface area contributed by atoms with E-state index >= 15 is 0 Å². The van der Waals surface area contributed by atoms with Crippen molar-refractivity contribution in [2.75, 3.05) is 18.9 Å². The number of rotatable bonds is 10. The summed E-state index contributed by atoms with van der Waals surface area (Å²) in [6.07, 6.45) is 3.94. The third-order valence-corrected chi connectivity index (χ3v) is 4.96. The van der Waals surface area contributed by atoms with Gasteiger partial charge in [-0.05, 0) is 38.1 Å². The van der Waals surface area contributed by atoms with Crippen molar-refractivity contribution in [2.45, 2.75) is 50.3 Å². The van der Waals surface area contributed by atoms with Gasteiger partial charge in [0.25, 0.3) is 0 Å². The average molecular weight is 274 g/mol. The number of carbonyl (C=O) groups excluding carboxylic acids is 1. The Labute approximate surface area is 114 Å². The molecule has 4 nitrogen and oxygen atoms in total. The topological polar surface area (TPSA) is 75.3 Å². The summed E-state index contributed by atoms with van der Waals surface area (Å²) < 4.78 is 0. The number of hydrogen-bond donors (Lipinski definition) is 3. The first-order valence-corrected chi connectivity index (χ1v) is 7.89. The Morgan fingerprint density at radius 2 is 2.28 bits per heavy atom. The fourth-order valence-electron chi connectivity index (χ4n) is 2.14. The molecule has 0 spiro atoms. The highest BCUT2D eigenvalue weighted by Gasteiger charge is 2.49. The van der Waals surface area contributed by atoms with E-state index in [9.17, 15) is 4.79 Å². The van der Waals surface area contributed by atoms with Crippen LogP contribution >= 0.6 is 11.8 Å². The van der Waals surface area contributed by atoms with Crippen LogP contribution in [-0.2, 0) is 4.79 Å². The monoisotopic (exact) mass is 274 g/mol. The first kappa shape index (κ1) is 15.8. The highest BCUT2D eigenvalue weighted by molar-refractivity contribution is 8.00. The number of carbonyl (C=O) groups is 1. The highest BCUT2D eigenvalue weighted by Crippen LogP contribution is 2.42. The number of nitrogens with two attached hydrogens (primary N) is 1. The van der Waals surface area contributed by atoms with Crippen molar-refractivity contribution in [3.63, 3.8) is 0 Å². The Kier molecular flexibility index (Phi) is 6.46. The van der Waals surface area contributed by atoms with Crippen molar-refractivity contribution in [1.29, 1.82) is 0 Å². The van der Waals surface area contributed by atoms with Crippen LogP contribution in [0.1, 0.15) is 39.5 Å². The van der Waals surface area contributed by atoms with Gasteiger partial charge < -0.3 is 16.2 Å². The average Bonchev–Trinajstić information content (AvgIpc) is 3.14. The number of nitrogens with one attached hydrogen (secondary N) is 1. The smallest absolute Gasteiger partial charge is 0.238 e. The zero-order chi connectivity index (χ0) is 13.6. The van der Waals surface area contributed by atoms with Gasteiger partial charge in [0.05, 0.1) is 0 Å². The highest BCUT2D eigenvalue weighted by atomic mass is 32.2. The van der Waals surface area contributed by atoms with E-state index < -0.39 is 5.54 Å². The molecule has 2 atom stereocenters. The molecule has 0 bridgehead atoms. The van der Waals surface area contributed by atoms with E-state index in [0.717, 1.165) is 32.2 Å². The lowest BCUT2D eigenvalue weighted by molar-refractivity contribution is -0.124. The molecule has 1 fully saturated rings. The van der Waals surface area contributed by atoms with Gasteiger partial charge in [0.2, 0.25) is 5.91 Å². The normalized spacial score (nSPS) is 20.4. The van der Waals surface area contributed by atoms with E-state index in [4.69, 9.17) is 10.8 Å². The molecule has 106 valence electrons. The second-order valence-corrected chi connectivity index (χ2v) is 6.60. The fourth-order valence-corrected chi connectivity index (χ4v) is 3.44. The van der Waals surface area contributed by atoms with Crippen molar-refractivity contribution in [2.24, 2.45) is 11.7 Å². The van der Waals surface area contributed by atoms with Crippen molar-refractivity contribution in [3.8, 4) is 0 Å². The predicted molar refractivity (Wildman–Crippen MR) is 76.6 cm³/mol. The minimum absolute atomic E-state index is 0.198. The first-order valence-electron chi connectivity index (χ1n) is 6.84. The van der Waals surface area contributed by atoms with Gasteiger partial charge in [0, 0.05) is 17.6 Å². The minimum Gasteiger partial charge on any atom is -0.396 e. The lowest BCUT2D eigenvalue weighted by Crippen LogP contribution is -2.59. The molecule has 4 N–H and O–H groups in total. The van der Waals surface area contributed by atoms with E-state index in [-0.39, 0.29) is 12.5 Å². The third kappa shape index (κ3) is 4.14. The Balaban J connectivity index is 2.60. The third-order valence-electron chi connectivity index (χ3n) is 3.54. The molecule has 1 aliphatic rings. The van der Waals surface area contributed by atoms with E-state index in [2.05, 4.69) is 19.2 Å². The molecule has 1 aliphatic carbocycles. The van der Waals surface area contributed by atoms with Crippen LogP contribution in [0.4, 0.5) is 0 Å². The van der Waals surface area contributed by atoms with Crippen molar-refractivity contribution >= 4 is 17.7 Å². The molecule has 1 rings (SSSR count). The molecule has 2 unspecified atom stereocenters. The van der Waals surface area contributed by atoms with Gasteiger partial charge in [-0.15, -0.1) is 0 Å². The number of primary amides is 1. The zero-order valence-corrected chi connectivity index (χ0v) is 12.3. The van der Waals surface area contributed by atoms with E-state index in [1.807, 2.05) is 0 Å². The van der Waals surface area contributed by atoms with Gasteiger partial charge in [-0.1, -0.05) is 13.8 Å². The van der Waals surface area contributed by atoms with Crippen molar-refractivity contribution in [1.82, 2.24) is 5.32 Å². The minimum atomic E-state index is -0.537. The van der Waals surface area contributed by atoms with Crippen LogP contribution in [0.5, 0.6) is 0 Å². The largest absolute Gasteiger partial charge is 0.396 e. The van der Waals surface area contributed by atoms with Crippen LogP contribution in [0.25, 0.3) is 0 Å². The summed E-state index contributed by atoms with van der Waals surface area (Å²) in [6, 6.07) is 0. The molecule has 0 aromatic carbocycles. The number of aliphatic hydroxyl groups is 1. The Bertz CT molecular complexity index is 272. The predicted octanol–water partition coefficient (Wildman–Crippen LogP) is 1.12. The molecule has 0 aliphatic heterocycles. The summed E-state index contributed by atoms with van der Waals surface area (Å²) in [7, 11) is 0. The SMILES string of the molecule is CCCNC(CSC(C)CCO)(C(N)=O)C1CC1. The number of hydrogen-bond acceptors (Lipinski definition) is 4. The second kappa shape index (κ2) is 7.36. The molecule has 1 saturated carbocycles. The summed E-state index contributed by atoms with van der Waals surface area (Å²) in [4.78, 5) is 11.9. The van der Waals surface area contributed by atoms with E-state index in [1.165, 1.54) is 0 Å². The van der Waals surface area contributed by atoms with E-state index in [0.29, 0.717) is 16.9 Å². The molecule has 0 radical (unpaired) electrons. The lowest BCUT2D eigenvalue weighted by Gasteiger charge is -2.32. The summed E-state index contributed by atoms with van der Waals surface area (Å²) in [5.41, 5.74) is 5.11. The Hall–Kier alpha value is -0.260. The van der Waals surface area contributed by atoms with Gasteiger partial charge in [-0.25, -0.2) is 0 Å². The maximum absolute atomic E-state index is 11.9. The van der Waals surface area contributed by atoms with E-state index in [1.54, 1.807) is 11.8 Å². The fraction of sp³-hybridized carbons (Fsp3) is 0.923. The standard InChI is InChI=1S/C13H26N2O2S/c1-3-7-15-13(12(14)17,11-4-5-11)9-18-10(2)6-8-16/h10-11,15-16H,3-9H2,1-2H3,(H2,14,17). The van der Waals surface area contributed by atoms with Crippen molar-refractivity contribution < 1.29 is 9.90 Å². The molecule has 18 heavy (non-hydrogen) atoms. The molecule has 0 heterocycles. The van der Waals surface area contributed by atoms with Crippen LogP contribution in [0, 0.1) is 5.92 Å². The zero-order valence-electron chi connectivity index (χ0n) is 11.4. The summed E-state index contributed by atoms with van der Waals surface area (Å²) >= 11 is 1.73. The number of amides is 1. The second-order valence-electron chi connectivity index (χ2n) is 5.17. The lowest BCUT2D eigenvalue weighted by atomic mass is 9.94. The molecule has 0 saturated heterocycles. The number of thioether (sulfide) groups is 1. The van der Waals surface area contributed by atoms with Gasteiger partial charge in [-0.2, -0.15) is 11.8 Å². The van der Waals surface area contributed by atoms with Crippen LogP contribution in [0.2, 0.25) is 0 Å². The summed E-state index contributed by atoms with van der Waals surface area (Å²) in [6.45, 7) is 5.20. The molecular formula is C13H26N2O2S. The van der Waals surface area contributed by atoms with Gasteiger partial charge in [0.15, 0.2) is 0 Å². The van der Waals surface area contributed by atoms with Gasteiger partial charge in [0.1, 0.15) is 5.54 Å². The van der Waals surface area contributed by atoms with Crippen LogP contribution in [-0.4, -0.2) is 40.7 Å². The van der Waals surface area contributed by atoms with Crippen LogP contribution < -0.4 is 11.1 Å². The van der Waals surface area contributed by atoms with Crippen molar-refractivity contribution in [3.05, 3.63) is 0 Å². The van der Waals surface area contributed by atoms with Crippen LogP contribution in [0.3, 0.4) is 0 Å². The maximum Gasteiger partial charge on any atom is 0.238 e. The Morgan fingerprint density at radius 1 is 1.61 bits per heavy atom. The van der Waals surface area contributed by atoms with Gasteiger partial charge >= 0.3 is 0 Å². The Morgan fingerprint density at radius 3 is 2.72 bits per heavy atom. The van der Waals surface area contributed by atoms with Gasteiger partial charge in [-0.3, -0.25) is 4.79 Å². The molecule has 0 aromatic heterocycles.